The lowest BCUT2D eigenvalue weighted by Crippen LogP contribution is -2.01. The molecule has 0 fully saturated rings. The second-order valence-electron chi connectivity index (χ2n) is 14.4. The Hall–Kier alpha value is -6.99. The van der Waals surface area contributed by atoms with Gasteiger partial charge in [-0.1, -0.05) is 133 Å². The molecule has 12 aromatic rings. The van der Waals surface area contributed by atoms with E-state index >= 15 is 0 Å². The zero-order valence-electron chi connectivity index (χ0n) is 30.4. The quantitative estimate of drug-likeness (QED) is 0.175. The van der Waals surface area contributed by atoms with Gasteiger partial charge in [0.15, 0.2) is 17.5 Å². The van der Waals surface area contributed by atoms with Gasteiger partial charge in [0.05, 0.1) is 11.0 Å². The molecule has 0 spiro atoms. The van der Waals surface area contributed by atoms with Crippen LogP contribution >= 0.6 is 22.7 Å². The Morgan fingerprint density at radius 1 is 0.298 bits per heavy atom. The number of rotatable bonds is 5. The topological polar surface area (TPSA) is 43.6 Å². The van der Waals surface area contributed by atoms with Gasteiger partial charge in [-0.25, -0.2) is 15.0 Å². The number of aromatic nitrogens is 4. The smallest absolute Gasteiger partial charge is 0.164 e. The third-order valence-electron chi connectivity index (χ3n) is 11.1. The predicted molar refractivity (Wildman–Crippen MR) is 242 cm³/mol. The lowest BCUT2D eigenvalue weighted by Gasteiger charge is -2.12. The van der Waals surface area contributed by atoms with Crippen molar-refractivity contribution >= 4 is 84.8 Å². The maximum absolute atomic E-state index is 5.19. The van der Waals surface area contributed by atoms with Crippen molar-refractivity contribution in [2.45, 2.75) is 0 Å². The summed E-state index contributed by atoms with van der Waals surface area (Å²) in [5.41, 5.74) is 8.56. The van der Waals surface area contributed by atoms with E-state index in [0.717, 1.165) is 39.0 Å². The first-order chi connectivity index (χ1) is 28.2. The average molecular weight is 763 g/mol. The molecule has 0 unspecified atom stereocenters. The van der Waals surface area contributed by atoms with Gasteiger partial charge in [-0.05, 0) is 59.7 Å². The zero-order valence-corrected chi connectivity index (χ0v) is 32.1. The molecule has 0 aliphatic rings. The highest BCUT2D eigenvalue weighted by atomic mass is 32.1. The number of fused-ring (bicyclic) bond motifs is 9. The van der Waals surface area contributed by atoms with Crippen LogP contribution in [0.25, 0.3) is 113 Å². The summed E-state index contributed by atoms with van der Waals surface area (Å²) in [5.74, 6) is 1.92. The van der Waals surface area contributed by atoms with E-state index in [-0.39, 0.29) is 0 Å². The van der Waals surface area contributed by atoms with E-state index in [1.165, 1.54) is 56.7 Å². The zero-order chi connectivity index (χ0) is 37.5. The van der Waals surface area contributed by atoms with E-state index in [9.17, 15) is 0 Å². The molecule has 0 atom stereocenters. The maximum Gasteiger partial charge on any atom is 0.164 e. The molecule has 0 radical (unpaired) electrons. The summed E-state index contributed by atoms with van der Waals surface area (Å²) in [6.07, 6.45) is 0. The lowest BCUT2D eigenvalue weighted by molar-refractivity contribution is 1.07. The van der Waals surface area contributed by atoms with E-state index in [1.807, 2.05) is 11.3 Å². The van der Waals surface area contributed by atoms with E-state index in [4.69, 9.17) is 15.0 Å². The molecule has 266 valence electrons. The van der Waals surface area contributed by atoms with Crippen LogP contribution in [0.4, 0.5) is 0 Å². The number of nitrogens with zero attached hydrogens (tertiary/aromatic N) is 4. The van der Waals surface area contributed by atoms with Crippen LogP contribution in [0.1, 0.15) is 0 Å². The molecule has 0 amide bonds. The molecule has 4 nitrogen and oxygen atoms in total. The average Bonchev–Trinajstić information content (AvgIpc) is 3.95. The second kappa shape index (κ2) is 12.8. The summed E-state index contributed by atoms with van der Waals surface area (Å²) < 4.78 is 7.43. The molecule has 6 heteroatoms. The van der Waals surface area contributed by atoms with Gasteiger partial charge < -0.3 is 4.57 Å². The van der Waals surface area contributed by atoms with Crippen LogP contribution in [0.5, 0.6) is 0 Å². The van der Waals surface area contributed by atoms with Gasteiger partial charge in [-0.3, -0.25) is 0 Å². The molecule has 0 bridgehead atoms. The fraction of sp³-hybridized carbons (Fsp3) is 0. The van der Waals surface area contributed by atoms with Crippen molar-refractivity contribution in [1.29, 1.82) is 0 Å². The molecule has 0 saturated heterocycles. The van der Waals surface area contributed by atoms with Crippen LogP contribution < -0.4 is 0 Å². The summed E-state index contributed by atoms with van der Waals surface area (Å²) >= 11 is 3.65. The highest BCUT2D eigenvalue weighted by molar-refractivity contribution is 7.26. The molecule has 57 heavy (non-hydrogen) atoms. The van der Waals surface area contributed by atoms with Gasteiger partial charge in [0.2, 0.25) is 0 Å². The van der Waals surface area contributed by atoms with Crippen molar-refractivity contribution < 1.29 is 0 Å². The normalized spacial score (nSPS) is 11.9. The van der Waals surface area contributed by atoms with Crippen LogP contribution in [-0.2, 0) is 0 Å². The summed E-state index contributed by atoms with van der Waals surface area (Å²) in [7, 11) is 0. The van der Waals surface area contributed by atoms with Gasteiger partial charge in [-0.15, -0.1) is 22.7 Å². The summed E-state index contributed by atoms with van der Waals surface area (Å²) in [5, 5.41) is 7.59. The summed E-state index contributed by atoms with van der Waals surface area (Å²) in [6, 6.07) is 65.0. The summed E-state index contributed by atoms with van der Waals surface area (Å²) in [6.45, 7) is 0. The Morgan fingerprint density at radius 3 is 1.35 bits per heavy atom. The molecule has 0 saturated carbocycles. The molecule has 4 heterocycles. The van der Waals surface area contributed by atoms with Crippen molar-refractivity contribution in [3.63, 3.8) is 0 Å². The third kappa shape index (κ3) is 5.30. The van der Waals surface area contributed by atoms with E-state index < -0.39 is 0 Å². The van der Waals surface area contributed by atoms with Crippen molar-refractivity contribution in [1.82, 2.24) is 19.5 Å². The SMILES string of the molecule is c1cc(-c2nc(-c3ccc(-c4ccc5c(c4)sc4ccccc45)cc3)nc(-c3ccc4c(c3)sc3ccccc34)n2)cc(-n2c3ccccc3c3ccccc32)c1. The monoisotopic (exact) mass is 762 g/mol. The Kier molecular flexibility index (Phi) is 7.24. The Morgan fingerprint density at radius 2 is 0.737 bits per heavy atom. The minimum atomic E-state index is 0.633. The number of thiophene rings is 2. The Labute approximate surface area is 335 Å². The first kappa shape index (κ1) is 32.3. The maximum atomic E-state index is 5.19. The summed E-state index contributed by atoms with van der Waals surface area (Å²) in [4.78, 5) is 15.5. The van der Waals surface area contributed by atoms with Crippen LogP contribution in [0.15, 0.2) is 182 Å². The molecular formula is C51H30N4S2. The molecule has 0 aliphatic heterocycles. The molecule has 0 N–H and O–H groups in total. The van der Waals surface area contributed by atoms with Gasteiger partial charge in [-0.2, -0.15) is 0 Å². The fourth-order valence-electron chi connectivity index (χ4n) is 8.33. The van der Waals surface area contributed by atoms with Crippen molar-refractivity contribution in [3.8, 4) is 51.0 Å². The fourth-order valence-corrected chi connectivity index (χ4v) is 10.6. The molecule has 12 rings (SSSR count). The van der Waals surface area contributed by atoms with E-state index in [2.05, 4.69) is 187 Å². The van der Waals surface area contributed by atoms with Gasteiger partial charge in [0.1, 0.15) is 0 Å². The van der Waals surface area contributed by atoms with Gasteiger partial charge >= 0.3 is 0 Å². The number of para-hydroxylation sites is 2. The molecule has 0 aliphatic carbocycles. The molecule has 4 aromatic heterocycles. The van der Waals surface area contributed by atoms with Gasteiger partial charge in [0.25, 0.3) is 0 Å². The number of hydrogen-bond acceptors (Lipinski definition) is 5. The molecular weight excluding hydrogens is 733 g/mol. The van der Waals surface area contributed by atoms with Gasteiger partial charge in [0, 0.05) is 73.5 Å². The van der Waals surface area contributed by atoms with Crippen LogP contribution in [0.3, 0.4) is 0 Å². The van der Waals surface area contributed by atoms with E-state index in [1.54, 1.807) is 11.3 Å². The Balaban J connectivity index is 0.994. The number of hydrogen-bond donors (Lipinski definition) is 0. The van der Waals surface area contributed by atoms with Crippen molar-refractivity contribution in [2.24, 2.45) is 0 Å². The molecule has 8 aromatic carbocycles. The van der Waals surface area contributed by atoms with Crippen LogP contribution in [-0.4, -0.2) is 19.5 Å². The highest BCUT2D eigenvalue weighted by Gasteiger charge is 2.17. The van der Waals surface area contributed by atoms with E-state index in [0.29, 0.717) is 17.5 Å². The third-order valence-corrected chi connectivity index (χ3v) is 13.3. The number of benzene rings is 8. The standard InChI is InChI=1S/C51H30N4S2/c1-5-16-43-37(12-1)38-13-2-6-17-44(38)55(43)36-11-9-10-34(28-36)50-52-49(53-51(54-50)35-25-27-42-40-15-4-8-19-46(40)57-48(42)30-35)32-22-20-31(21-23-32)33-24-26-41-39-14-3-7-18-45(39)56-47(41)29-33/h1-30H. The van der Waals surface area contributed by atoms with Crippen molar-refractivity contribution in [2.75, 3.05) is 0 Å². The largest absolute Gasteiger partial charge is 0.309 e. The predicted octanol–water partition coefficient (Wildman–Crippen LogP) is 14.4. The van der Waals surface area contributed by atoms with Crippen molar-refractivity contribution in [3.05, 3.63) is 182 Å². The first-order valence-electron chi connectivity index (χ1n) is 19.0. The highest BCUT2D eigenvalue weighted by Crippen LogP contribution is 2.39. The lowest BCUT2D eigenvalue weighted by atomic mass is 10.0. The minimum Gasteiger partial charge on any atom is -0.309 e. The Bertz CT molecular complexity index is 3480. The van der Waals surface area contributed by atoms with Crippen LogP contribution in [0.2, 0.25) is 0 Å². The first-order valence-corrected chi connectivity index (χ1v) is 20.6. The minimum absolute atomic E-state index is 0.633. The van der Waals surface area contributed by atoms with Crippen LogP contribution in [0, 0.1) is 0 Å². The second-order valence-corrected chi connectivity index (χ2v) is 16.6.